The van der Waals surface area contributed by atoms with Crippen LogP contribution in [0.25, 0.3) is 11.1 Å². The van der Waals surface area contributed by atoms with Gasteiger partial charge in [0, 0.05) is 7.05 Å². The molecule has 0 amide bonds. The normalized spacial score (nSPS) is 9.74. The van der Waals surface area contributed by atoms with Crippen LogP contribution in [0.1, 0.15) is 10.4 Å². The van der Waals surface area contributed by atoms with Gasteiger partial charge in [0.2, 0.25) is 0 Å². The van der Waals surface area contributed by atoms with Crippen LogP contribution in [0.3, 0.4) is 0 Å². The van der Waals surface area contributed by atoms with Crippen LogP contribution < -0.4 is 10.0 Å². The molecule has 0 atom stereocenters. The van der Waals surface area contributed by atoms with E-state index in [9.17, 15) is 9.18 Å². The zero-order valence-electron chi connectivity index (χ0n) is 15.1. The molecule has 0 aromatic heterocycles. The van der Waals surface area contributed by atoms with Crippen LogP contribution >= 0.6 is 12.2 Å². The first-order valence-corrected chi connectivity index (χ1v) is 8.96. The molecule has 0 fully saturated rings. The Morgan fingerprint density at radius 1 is 0.926 bits per heavy atom. The second-order valence-corrected chi connectivity index (χ2v) is 6.07. The van der Waals surface area contributed by atoms with Gasteiger partial charge in [-0.3, -0.25) is 4.79 Å². The van der Waals surface area contributed by atoms with E-state index in [2.05, 4.69) is 34.3 Å². The van der Waals surface area contributed by atoms with Crippen LogP contribution in [-0.4, -0.2) is 20.4 Å². The molecule has 0 aliphatic carbocycles. The monoisotopic (exact) mass is 384 g/mol. The predicted octanol–water partition coefficient (Wildman–Crippen LogP) is 5.66. The molecule has 27 heavy (non-hydrogen) atoms. The van der Waals surface area contributed by atoms with E-state index in [4.69, 9.17) is 4.18 Å². The number of anilines is 2. The lowest BCUT2D eigenvalue weighted by molar-refractivity contribution is 0.112. The van der Waals surface area contributed by atoms with Crippen molar-refractivity contribution >= 4 is 29.9 Å². The largest absolute Gasteiger partial charge is 0.386 e. The van der Waals surface area contributed by atoms with Gasteiger partial charge in [-0.25, -0.2) is 4.39 Å². The van der Waals surface area contributed by atoms with E-state index in [-0.39, 0.29) is 5.56 Å². The van der Waals surface area contributed by atoms with Crippen molar-refractivity contribution in [3.63, 3.8) is 0 Å². The molecule has 3 aromatic rings. The zero-order valence-corrected chi connectivity index (χ0v) is 15.9. The third kappa shape index (κ3) is 6.13. The molecule has 0 unspecified atom stereocenters. The molecule has 0 bridgehead atoms. The molecule has 0 radical (unpaired) electrons. The van der Waals surface area contributed by atoms with Gasteiger partial charge in [0.1, 0.15) is 18.0 Å². The van der Waals surface area contributed by atoms with Crippen molar-refractivity contribution in [2.45, 2.75) is 0 Å². The van der Waals surface area contributed by atoms with Crippen molar-refractivity contribution in [3.05, 3.63) is 84.2 Å². The Labute approximate surface area is 163 Å². The SMILES string of the molecule is CNc1cc(-c2ccccc2)ccc1NSOC.O=Cc1ccccc1F. The summed E-state index contributed by atoms with van der Waals surface area (Å²) in [4.78, 5) is 9.99. The molecular weight excluding hydrogens is 363 g/mol. The first-order valence-electron chi connectivity index (χ1n) is 8.22. The number of carbonyl (C=O) groups is 1. The molecule has 0 saturated carbocycles. The van der Waals surface area contributed by atoms with E-state index >= 15 is 0 Å². The predicted molar refractivity (Wildman–Crippen MR) is 111 cm³/mol. The molecule has 3 aromatic carbocycles. The van der Waals surface area contributed by atoms with Crippen molar-refractivity contribution in [2.75, 3.05) is 24.2 Å². The van der Waals surface area contributed by atoms with Gasteiger partial charge in [0.05, 0.1) is 24.0 Å². The Bertz CT molecular complexity index is 860. The van der Waals surface area contributed by atoms with Crippen LogP contribution in [0.4, 0.5) is 15.8 Å². The fourth-order valence-electron chi connectivity index (χ4n) is 2.31. The van der Waals surface area contributed by atoms with E-state index in [1.165, 1.54) is 35.5 Å². The van der Waals surface area contributed by atoms with Crippen molar-refractivity contribution in [2.24, 2.45) is 0 Å². The van der Waals surface area contributed by atoms with E-state index in [1.54, 1.807) is 19.2 Å². The zero-order chi connectivity index (χ0) is 19.5. The van der Waals surface area contributed by atoms with Gasteiger partial charge in [-0.1, -0.05) is 48.5 Å². The van der Waals surface area contributed by atoms with Crippen molar-refractivity contribution < 1.29 is 13.4 Å². The van der Waals surface area contributed by atoms with E-state index < -0.39 is 5.82 Å². The van der Waals surface area contributed by atoms with Gasteiger partial charge in [-0.2, -0.15) is 0 Å². The summed E-state index contributed by atoms with van der Waals surface area (Å²) < 4.78 is 20.4. The van der Waals surface area contributed by atoms with Gasteiger partial charge in [0.15, 0.2) is 6.29 Å². The van der Waals surface area contributed by atoms with Crippen LogP contribution in [0.15, 0.2) is 72.8 Å². The van der Waals surface area contributed by atoms with E-state index in [1.807, 2.05) is 31.3 Å². The smallest absolute Gasteiger partial charge is 0.152 e. The lowest BCUT2D eigenvalue weighted by Crippen LogP contribution is -1.96. The molecule has 6 heteroatoms. The highest BCUT2D eigenvalue weighted by atomic mass is 32.2. The quantitative estimate of drug-likeness (QED) is 0.326. The number of aldehydes is 1. The fourth-order valence-corrected chi connectivity index (χ4v) is 2.66. The lowest BCUT2D eigenvalue weighted by Gasteiger charge is -2.12. The third-order valence-electron chi connectivity index (χ3n) is 3.66. The summed E-state index contributed by atoms with van der Waals surface area (Å²) in [6.45, 7) is 0. The summed E-state index contributed by atoms with van der Waals surface area (Å²) in [5.74, 6) is -0.465. The second-order valence-electron chi connectivity index (χ2n) is 5.37. The Morgan fingerprint density at radius 3 is 2.22 bits per heavy atom. The highest BCUT2D eigenvalue weighted by Gasteiger charge is 2.04. The van der Waals surface area contributed by atoms with E-state index in [0.29, 0.717) is 6.29 Å². The standard InChI is InChI=1S/C14H16N2OS.C7H5FO/c1-15-14-10-12(11-6-4-3-5-7-11)8-9-13(14)16-18-17-2;8-7-4-2-1-3-6(7)5-9/h3-10,15-16H,1-2H3;1-5H. The van der Waals surface area contributed by atoms with Crippen LogP contribution in [0.2, 0.25) is 0 Å². The molecule has 0 saturated heterocycles. The molecule has 4 nitrogen and oxygen atoms in total. The Hall–Kier alpha value is -2.83. The second kappa shape index (κ2) is 11.0. The summed E-state index contributed by atoms with van der Waals surface area (Å²) in [5.41, 5.74) is 4.55. The number of rotatable bonds is 6. The minimum absolute atomic E-state index is 0.109. The summed E-state index contributed by atoms with van der Waals surface area (Å²) in [6.07, 6.45) is 0.495. The third-order valence-corrected chi connectivity index (χ3v) is 4.13. The minimum atomic E-state index is -0.465. The average molecular weight is 384 g/mol. The highest BCUT2D eigenvalue weighted by Crippen LogP contribution is 2.30. The van der Waals surface area contributed by atoms with Crippen LogP contribution in [-0.2, 0) is 4.18 Å². The molecule has 140 valence electrons. The van der Waals surface area contributed by atoms with Gasteiger partial charge < -0.3 is 14.2 Å². The molecule has 0 spiro atoms. The summed E-state index contributed by atoms with van der Waals surface area (Å²) in [7, 11) is 3.54. The number of carbonyl (C=O) groups excluding carboxylic acids is 1. The highest BCUT2D eigenvalue weighted by molar-refractivity contribution is 7.96. The Kier molecular flexibility index (Phi) is 8.35. The first-order chi connectivity index (χ1) is 13.2. The maximum atomic E-state index is 12.4. The van der Waals surface area contributed by atoms with Gasteiger partial charge in [-0.05, 0) is 35.4 Å². The molecule has 0 aliphatic heterocycles. The number of benzene rings is 3. The van der Waals surface area contributed by atoms with Gasteiger partial charge >= 0.3 is 0 Å². The summed E-state index contributed by atoms with van der Waals surface area (Å²) in [5, 5.41) is 3.18. The molecule has 2 N–H and O–H groups in total. The number of hydrogen-bond donors (Lipinski definition) is 2. The van der Waals surface area contributed by atoms with E-state index in [0.717, 1.165) is 11.4 Å². The van der Waals surface area contributed by atoms with Gasteiger partial charge in [0.25, 0.3) is 0 Å². The summed E-state index contributed by atoms with van der Waals surface area (Å²) >= 11 is 1.20. The molecule has 0 heterocycles. The summed E-state index contributed by atoms with van der Waals surface area (Å²) in [6, 6.07) is 22.4. The first kappa shape index (κ1) is 20.5. The molecule has 3 rings (SSSR count). The van der Waals surface area contributed by atoms with Crippen molar-refractivity contribution in [1.29, 1.82) is 0 Å². The average Bonchev–Trinajstić information content (AvgIpc) is 2.73. The maximum Gasteiger partial charge on any atom is 0.152 e. The number of hydrogen-bond acceptors (Lipinski definition) is 5. The topological polar surface area (TPSA) is 50.4 Å². The van der Waals surface area contributed by atoms with Crippen LogP contribution in [0.5, 0.6) is 0 Å². The molecular formula is C21H21FN2O2S. The van der Waals surface area contributed by atoms with Crippen molar-refractivity contribution in [1.82, 2.24) is 0 Å². The Morgan fingerprint density at radius 2 is 1.63 bits per heavy atom. The lowest BCUT2D eigenvalue weighted by atomic mass is 10.0. The minimum Gasteiger partial charge on any atom is -0.386 e. The number of nitrogens with one attached hydrogen (secondary N) is 2. The van der Waals surface area contributed by atoms with Gasteiger partial charge in [-0.15, -0.1) is 0 Å². The van der Waals surface area contributed by atoms with Crippen LogP contribution in [0, 0.1) is 5.82 Å². The maximum absolute atomic E-state index is 12.4. The Balaban J connectivity index is 0.000000244. The van der Waals surface area contributed by atoms with Crippen molar-refractivity contribution in [3.8, 4) is 11.1 Å². The fraction of sp³-hybridized carbons (Fsp3) is 0.0952. The number of halogens is 1. The molecule has 0 aliphatic rings.